The van der Waals surface area contributed by atoms with E-state index >= 15 is 0 Å². The standard InChI is InChI=1S/C14H17BrO2/c1-3-17-14(16)13(15)12-7-5-10-8-9(2)4-6-11(10)12/h4,6,8,12-13H,3,5,7H2,1-2H3/t12-,13?/m0/s1. The lowest BCUT2D eigenvalue weighted by molar-refractivity contribution is -0.142. The van der Waals surface area contributed by atoms with Gasteiger partial charge in [0.1, 0.15) is 4.83 Å². The maximum absolute atomic E-state index is 11.7. The summed E-state index contributed by atoms with van der Waals surface area (Å²) in [6.07, 6.45) is 2.08. The molecule has 0 N–H and O–H groups in total. The fourth-order valence-corrected chi connectivity index (χ4v) is 3.15. The molecular formula is C14H17BrO2. The second kappa shape index (κ2) is 5.21. The minimum Gasteiger partial charge on any atom is -0.465 e. The van der Waals surface area contributed by atoms with Crippen LogP contribution >= 0.6 is 15.9 Å². The van der Waals surface area contributed by atoms with Crippen molar-refractivity contribution in [3.8, 4) is 0 Å². The van der Waals surface area contributed by atoms with E-state index in [1.165, 1.54) is 16.7 Å². The van der Waals surface area contributed by atoms with Crippen molar-refractivity contribution in [2.45, 2.75) is 37.4 Å². The zero-order valence-corrected chi connectivity index (χ0v) is 11.8. The average Bonchev–Trinajstić information content (AvgIpc) is 2.71. The molecule has 0 aliphatic heterocycles. The van der Waals surface area contributed by atoms with Gasteiger partial charge in [-0.25, -0.2) is 0 Å². The van der Waals surface area contributed by atoms with E-state index in [4.69, 9.17) is 4.74 Å². The smallest absolute Gasteiger partial charge is 0.320 e. The Balaban J connectivity index is 2.19. The Bertz CT molecular complexity index is 428. The molecule has 1 aromatic carbocycles. The van der Waals surface area contributed by atoms with E-state index in [0.29, 0.717) is 6.61 Å². The molecule has 0 saturated carbocycles. The molecule has 2 atom stereocenters. The van der Waals surface area contributed by atoms with Crippen LogP contribution in [0.2, 0.25) is 0 Å². The number of esters is 1. The van der Waals surface area contributed by atoms with Crippen LogP contribution in [0.5, 0.6) is 0 Å². The normalized spacial score (nSPS) is 19.8. The number of hydrogen-bond acceptors (Lipinski definition) is 2. The number of halogens is 1. The van der Waals surface area contributed by atoms with Crippen LogP contribution < -0.4 is 0 Å². The number of ether oxygens (including phenoxy) is 1. The number of carbonyl (C=O) groups excluding carboxylic acids is 1. The Morgan fingerprint density at radius 2 is 2.35 bits per heavy atom. The quantitative estimate of drug-likeness (QED) is 0.632. The number of alkyl halides is 1. The number of carbonyl (C=O) groups is 1. The van der Waals surface area contributed by atoms with Gasteiger partial charge in [0.25, 0.3) is 0 Å². The first-order valence-corrected chi connectivity index (χ1v) is 6.95. The molecule has 0 fully saturated rings. The van der Waals surface area contributed by atoms with Crippen LogP contribution in [0.15, 0.2) is 18.2 Å². The molecule has 1 unspecified atom stereocenters. The molecule has 0 amide bonds. The van der Waals surface area contributed by atoms with Crippen molar-refractivity contribution < 1.29 is 9.53 Å². The lowest BCUT2D eigenvalue weighted by atomic mass is 9.97. The van der Waals surface area contributed by atoms with Gasteiger partial charge in [0.05, 0.1) is 6.61 Å². The van der Waals surface area contributed by atoms with Crippen molar-refractivity contribution in [3.05, 3.63) is 34.9 Å². The molecule has 0 heterocycles. The Kier molecular flexibility index (Phi) is 3.87. The number of fused-ring (bicyclic) bond motifs is 1. The Labute approximate surface area is 110 Å². The van der Waals surface area contributed by atoms with Crippen molar-refractivity contribution in [1.29, 1.82) is 0 Å². The van der Waals surface area contributed by atoms with E-state index in [9.17, 15) is 4.79 Å². The summed E-state index contributed by atoms with van der Waals surface area (Å²) in [5.41, 5.74) is 3.96. The lowest BCUT2D eigenvalue weighted by Gasteiger charge is -2.17. The summed E-state index contributed by atoms with van der Waals surface area (Å²) in [6.45, 7) is 4.38. The first-order valence-electron chi connectivity index (χ1n) is 6.03. The summed E-state index contributed by atoms with van der Waals surface area (Å²) in [7, 11) is 0. The zero-order chi connectivity index (χ0) is 12.4. The fraction of sp³-hybridized carbons (Fsp3) is 0.500. The number of rotatable bonds is 3. The molecule has 1 aromatic rings. The predicted octanol–water partition coefficient (Wildman–Crippen LogP) is 3.35. The topological polar surface area (TPSA) is 26.3 Å². The van der Waals surface area contributed by atoms with Gasteiger partial charge in [-0.15, -0.1) is 0 Å². The molecule has 1 aliphatic rings. The summed E-state index contributed by atoms with van der Waals surface area (Å²) in [4.78, 5) is 11.5. The number of aryl methyl sites for hydroxylation is 2. The largest absolute Gasteiger partial charge is 0.465 e. The van der Waals surface area contributed by atoms with E-state index in [-0.39, 0.29) is 16.7 Å². The summed E-state index contributed by atoms with van der Waals surface area (Å²) in [6, 6.07) is 6.48. The molecule has 92 valence electrons. The van der Waals surface area contributed by atoms with Gasteiger partial charge in [-0.1, -0.05) is 39.7 Å². The van der Waals surface area contributed by atoms with Crippen molar-refractivity contribution in [1.82, 2.24) is 0 Å². The first kappa shape index (κ1) is 12.6. The average molecular weight is 297 g/mol. The molecule has 0 aromatic heterocycles. The summed E-state index contributed by atoms with van der Waals surface area (Å²) < 4.78 is 5.07. The fourth-order valence-electron chi connectivity index (χ4n) is 2.47. The van der Waals surface area contributed by atoms with Crippen molar-refractivity contribution >= 4 is 21.9 Å². The Hall–Kier alpha value is -0.830. The first-order chi connectivity index (χ1) is 8.13. The molecule has 0 bridgehead atoms. The van der Waals surface area contributed by atoms with E-state index in [1.807, 2.05) is 6.92 Å². The van der Waals surface area contributed by atoms with Crippen LogP contribution in [0.3, 0.4) is 0 Å². The van der Waals surface area contributed by atoms with Crippen LogP contribution in [0.25, 0.3) is 0 Å². The predicted molar refractivity (Wildman–Crippen MR) is 71.6 cm³/mol. The molecule has 0 radical (unpaired) electrons. The molecule has 2 nitrogen and oxygen atoms in total. The minimum atomic E-state index is -0.216. The van der Waals surface area contributed by atoms with Crippen LogP contribution in [0, 0.1) is 6.92 Å². The SMILES string of the molecule is CCOC(=O)C(Br)[C@H]1CCc2cc(C)ccc21. The molecule has 3 heteroatoms. The maximum atomic E-state index is 11.7. The summed E-state index contributed by atoms with van der Waals surface area (Å²) in [5, 5.41) is 0. The van der Waals surface area contributed by atoms with E-state index in [1.54, 1.807) is 0 Å². The molecular weight excluding hydrogens is 280 g/mol. The molecule has 0 saturated heterocycles. The zero-order valence-electron chi connectivity index (χ0n) is 10.2. The maximum Gasteiger partial charge on any atom is 0.320 e. The van der Waals surface area contributed by atoms with Crippen LogP contribution in [0.4, 0.5) is 0 Å². The van der Waals surface area contributed by atoms with E-state index in [0.717, 1.165) is 12.8 Å². The Morgan fingerprint density at radius 1 is 1.59 bits per heavy atom. The third kappa shape index (κ3) is 2.54. The van der Waals surface area contributed by atoms with Gasteiger partial charge in [0.2, 0.25) is 0 Å². The molecule has 2 rings (SSSR count). The molecule has 0 spiro atoms. The summed E-state index contributed by atoms with van der Waals surface area (Å²) >= 11 is 3.48. The summed E-state index contributed by atoms with van der Waals surface area (Å²) in [5.74, 6) is 0.107. The van der Waals surface area contributed by atoms with Gasteiger partial charge in [-0.3, -0.25) is 4.79 Å². The Morgan fingerprint density at radius 3 is 3.06 bits per heavy atom. The van der Waals surface area contributed by atoms with Crippen molar-refractivity contribution in [2.24, 2.45) is 0 Å². The minimum absolute atomic E-state index is 0.147. The molecule has 17 heavy (non-hydrogen) atoms. The van der Waals surface area contributed by atoms with E-state index < -0.39 is 0 Å². The van der Waals surface area contributed by atoms with Crippen LogP contribution in [0.1, 0.15) is 36.0 Å². The van der Waals surface area contributed by atoms with Gasteiger partial charge in [-0.05, 0) is 37.8 Å². The number of benzene rings is 1. The molecule has 1 aliphatic carbocycles. The van der Waals surface area contributed by atoms with E-state index in [2.05, 4.69) is 41.1 Å². The van der Waals surface area contributed by atoms with Crippen LogP contribution in [-0.2, 0) is 16.0 Å². The van der Waals surface area contributed by atoms with Crippen LogP contribution in [-0.4, -0.2) is 17.4 Å². The highest BCUT2D eigenvalue weighted by Crippen LogP contribution is 2.39. The van der Waals surface area contributed by atoms with Gasteiger partial charge < -0.3 is 4.74 Å². The highest BCUT2D eigenvalue weighted by Gasteiger charge is 2.33. The van der Waals surface area contributed by atoms with Gasteiger partial charge in [-0.2, -0.15) is 0 Å². The van der Waals surface area contributed by atoms with Crippen molar-refractivity contribution in [3.63, 3.8) is 0 Å². The second-order valence-electron chi connectivity index (χ2n) is 4.50. The highest BCUT2D eigenvalue weighted by atomic mass is 79.9. The third-order valence-electron chi connectivity index (χ3n) is 3.29. The van der Waals surface area contributed by atoms with Gasteiger partial charge >= 0.3 is 5.97 Å². The van der Waals surface area contributed by atoms with Gasteiger partial charge in [0.15, 0.2) is 0 Å². The lowest BCUT2D eigenvalue weighted by Crippen LogP contribution is -2.23. The highest BCUT2D eigenvalue weighted by molar-refractivity contribution is 9.10. The third-order valence-corrected chi connectivity index (χ3v) is 4.30. The second-order valence-corrected chi connectivity index (χ2v) is 5.49. The van der Waals surface area contributed by atoms with Gasteiger partial charge in [0, 0.05) is 5.92 Å². The monoisotopic (exact) mass is 296 g/mol. The number of hydrogen-bond donors (Lipinski definition) is 0. The van der Waals surface area contributed by atoms with Crippen molar-refractivity contribution in [2.75, 3.05) is 6.61 Å².